The van der Waals surface area contributed by atoms with Crippen LogP contribution in [0.3, 0.4) is 0 Å². The minimum atomic E-state index is -0.739. The van der Waals surface area contributed by atoms with Gasteiger partial charge in [-0.2, -0.15) is 5.10 Å². The zero-order chi connectivity index (χ0) is 17.9. The molecule has 3 aromatic rings. The van der Waals surface area contributed by atoms with Crippen LogP contribution in [0.2, 0.25) is 0 Å². The molecule has 1 aliphatic rings. The second-order valence-electron chi connectivity index (χ2n) is 6.49. The fourth-order valence-corrected chi connectivity index (χ4v) is 3.99. The maximum atomic E-state index is 12.5. The number of nitrogens with zero attached hydrogens (tertiary/aromatic N) is 3. The van der Waals surface area contributed by atoms with Crippen LogP contribution >= 0.6 is 11.3 Å². The minimum absolute atomic E-state index is 0.177. The summed E-state index contributed by atoms with van der Waals surface area (Å²) < 4.78 is 1.91. The van der Waals surface area contributed by atoms with Crippen molar-refractivity contribution in [3.63, 3.8) is 0 Å². The van der Waals surface area contributed by atoms with E-state index < -0.39 is 6.10 Å². The van der Waals surface area contributed by atoms with Gasteiger partial charge in [-0.1, -0.05) is 36.4 Å². The van der Waals surface area contributed by atoms with Crippen LogP contribution in [0.15, 0.2) is 53.9 Å². The lowest BCUT2D eigenvalue weighted by atomic mass is 10.1. The van der Waals surface area contributed by atoms with Gasteiger partial charge in [-0.05, 0) is 29.5 Å². The van der Waals surface area contributed by atoms with Crippen LogP contribution in [-0.4, -0.2) is 32.2 Å². The molecule has 0 aliphatic carbocycles. The van der Waals surface area contributed by atoms with Crippen molar-refractivity contribution in [2.45, 2.75) is 32.0 Å². The second-order valence-corrected chi connectivity index (χ2v) is 7.52. The molecule has 4 rings (SSSR count). The molecule has 0 saturated carbocycles. The largest absolute Gasteiger partial charge is 0.382 e. The number of aryl methyl sites for hydroxylation is 1. The predicted octanol–water partition coefficient (Wildman–Crippen LogP) is 3.00. The van der Waals surface area contributed by atoms with E-state index in [4.69, 9.17) is 0 Å². The van der Waals surface area contributed by atoms with Crippen molar-refractivity contribution in [3.05, 3.63) is 75.7 Å². The molecule has 0 radical (unpaired) electrons. The molecule has 2 aromatic heterocycles. The summed E-state index contributed by atoms with van der Waals surface area (Å²) in [5.41, 5.74) is 2.44. The van der Waals surface area contributed by atoms with Crippen LogP contribution in [0.25, 0.3) is 0 Å². The van der Waals surface area contributed by atoms with Gasteiger partial charge in [0.15, 0.2) is 0 Å². The summed E-state index contributed by atoms with van der Waals surface area (Å²) in [6, 6.07) is 15.5. The van der Waals surface area contributed by atoms with Gasteiger partial charge >= 0.3 is 0 Å². The van der Waals surface area contributed by atoms with Crippen molar-refractivity contribution in [2.24, 2.45) is 0 Å². The molecule has 0 bridgehead atoms. The smallest absolute Gasteiger partial charge is 0.223 e. The predicted molar refractivity (Wildman–Crippen MR) is 101 cm³/mol. The van der Waals surface area contributed by atoms with Gasteiger partial charge in [-0.15, -0.1) is 11.3 Å². The van der Waals surface area contributed by atoms with Crippen molar-refractivity contribution in [1.29, 1.82) is 0 Å². The van der Waals surface area contributed by atoms with Gasteiger partial charge < -0.3 is 10.0 Å². The van der Waals surface area contributed by atoms with E-state index in [0.29, 0.717) is 31.7 Å². The topological polar surface area (TPSA) is 58.4 Å². The molecule has 3 heterocycles. The number of rotatable bonds is 5. The molecule has 1 atom stereocenters. The second kappa shape index (κ2) is 7.43. The monoisotopic (exact) mass is 367 g/mol. The zero-order valence-corrected chi connectivity index (χ0v) is 15.2. The Balaban J connectivity index is 1.42. The molecular formula is C20H21N3O2S. The first-order valence-electron chi connectivity index (χ1n) is 8.80. The number of hydrogen-bond acceptors (Lipinski definition) is 4. The fraction of sp³-hybridized carbons (Fsp3) is 0.300. The number of aromatic nitrogens is 2. The molecule has 5 nitrogen and oxygen atoms in total. The van der Waals surface area contributed by atoms with E-state index in [0.717, 1.165) is 17.7 Å². The van der Waals surface area contributed by atoms with Crippen molar-refractivity contribution in [1.82, 2.24) is 14.7 Å². The summed E-state index contributed by atoms with van der Waals surface area (Å²) in [7, 11) is 0. The third-order valence-electron chi connectivity index (χ3n) is 4.73. The third-order valence-corrected chi connectivity index (χ3v) is 5.67. The number of fused-ring (bicyclic) bond motifs is 1. The molecule has 1 aliphatic heterocycles. The van der Waals surface area contributed by atoms with Crippen LogP contribution in [0.5, 0.6) is 0 Å². The lowest BCUT2D eigenvalue weighted by Crippen LogP contribution is -2.38. The molecule has 0 saturated heterocycles. The summed E-state index contributed by atoms with van der Waals surface area (Å²) in [6.07, 6.45) is 0.593. The van der Waals surface area contributed by atoms with Gasteiger partial charge in [0.05, 0.1) is 24.5 Å². The molecule has 6 heteroatoms. The van der Waals surface area contributed by atoms with Crippen molar-refractivity contribution in [3.8, 4) is 0 Å². The van der Waals surface area contributed by atoms with Gasteiger partial charge in [0.2, 0.25) is 5.91 Å². The maximum Gasteiger partial charge on any atom is 0.223 e. The molecule has 1 amide bonds. The van der Waals surface area contributed by atoms with Gasteiger partial charge in [-0.25, -0.2) is 0 Å². The Morgan fingerprint density at radius 3 is 2.81 bits per heavy atom. The number of aliphatic hydroxyl groups excluding tert-OH is 1. The summed E-state index contributed by atoms with van der Waals surface area (Å²) in [5, 5.41) is 17.1. The standard InChI is InChI=1S/C20H21N3O2S/c24-19(9-8-17-7-4-12-26-17)22-10-11-23-16(14-22)13-18(21-23)20(25)15-5-2-1-3-6-15/h1-7,12-13,20,25H,8-11,14H2. The summed E-state index contributed by atoms with van der Waals surface area (Å²) in [6.45, 7) is 1.89. The highest BCUT2D eigenvalue weighted by molar-refractivity contribution is 7.09. The van der Waals surface area contributed by atoms with E-state index >= 15 is 0 Å². The normalized spacial score (nSPS) is 14.9. The van der Waals surface area contributed by atoms with Crippen molar-refractivity contribution < 1.29 is 9.90 Å². The quantitative estimate of drug-likeness (QED) is 0.754. The van der Waals surface area contributed by atoms with E-state index in [1.807, 2.05) is 57.4 Å². The Kier molecular flexibility index (Phi) is 4.86. The summed E-state index contributed by atoms with van der Waals surface area (Å²) >= 11 is 1.69. The van der Waals surface area contributed by atoms with Crippen LogP contribution < -0.4 is 0 Å². The van der Waals surface area contributed by atoms with Crippen LogP contribution in [0.4, 0.5) is 0 Å². The SMILES string of the molecule is O=C(CCc1cccs1)N1CCn2nc(C(O)c3ccccc3)cc2C1. The van der Waals surface area contributed by atoms with Crippen molar-refractivity contribution in [2.75, 3.05) is 6.54 Å². The van der Waals surface area contributed by atoms with Gasteiger partial charge in [-0.3, -0.25) is 9.48 Å². The highest BCUT2D eigenvalue weighted by Gasteiger charge is 2.24. The van der Waals surface area contributed by atoms with E-state index in [9.17, 15) is 9.90 Å². The molecular weight excluding hydrogens is 346 g/mol. The first kappa shape index (κ1) is 17.0. The summed E-state index contributed by atoms with van der Waals surface area (Å²) in [5.74, 6) is 0.177. The molecule has 26 heavy (non-hydrogen) atoms. The average molecular weight is 367 g/mol. The Bertz CT molecular complexity index is 874. The van der Waals surface area contributed by atoms with E-state index in [2.05, 4.69) is 11.2 Å². The average Bonchev–Trinajstić information content (AvgIpc) is 3.35. The van der Waals surface area contributed by atoms with Crippen LogP contribution in [0.1, 0.15) is 34.4 Å². The number of benzene rings is 1. The van der Waals surface area contributed by atoms with Gasteiger partial charge in [0.25, 0.3) is 0 Å². The third kappa shape index (κ3) is 3.57. The number of aliphatic hydroxyl groups is 1. The number of amides is 1. The van der Waals surface area contributed by atoms with Crippen molar-refractivity contribution >= 4 is 17.2 Å². The van der Waals surface area contributed by atoms with Crippen LogP contribution in [-0.2, 0) is 24.3 Å². The highest BCUT2D eigenvalue weighted by atomic mass is 32.1. The lowest BCUT2D eigenvalue weighted by molar-refractivity contribution is -0.132. The molecule has 0 fully saturated rings. The molecule has 1 aromatic carbocycles. The molecule has 134 valence electrons. The van der Waals surface area contributed by atoms with E-state index in [-0.39, 0.29) is 5.91 Å². The summed E-state index contributed by atoms with van der Waals surface area (Å²) in [4.78, 5) is 15.7. The Morgan fingerprint density at radius 1 is 1.19 bits per heavy atom. The molecule has 1 N–H and O–H groups in total. The van der Waals surface area contributed by atoms with Gasteiger partial charge in [0.1, 0.15) is 6.10 Å². The Morgan fingerprint density at radius 2 is 2.04 bits per heavy atom. The number of carbonyl (C=O) groups is 1. The van der Waals surface area contributed by atoms with Gasteiger partial charge in [0, 0.05) is 17.8 Å². The highest BCUT2D eigenvalue weighted by Crippen LogP contribution is 2.24. The Labute approximate surface area is 156 Å². The lowest BCUT2D eigenvalue weighted by Gasteiger charge is -2.27. The van der Waals surface area contributed by atoms with Crippen LogP contribution in [0, 0.1) is 0 Å². The first-order valence-corrected chi connectivity index (χ1v) is 9.68. The number of carbonyl (C=O) groups excluding carboxylic acids is 1. The Hall–Kier alpha value is -2.44. The number of thiophene rings is 1. The fourth-order valence-electron chi connectivity index (χ4n) is 3.28. The maximum absolute atomic E-state index is 12.5. The minimum Gasteiger partial charge on any atom is -0.382 e. The zero-order valence-electron chi connectivity index (χ0n) is 14.4. The first-order chi connectivity index (χ1) is 12.7. The molecule has 0 spiro atoms. The van der Waals surface area contributed by atoms with E-state index in [1.165, 1.54) is 4.88 Å². The van der Waals surface area contributed by atoms with E-state index in [1.54, 1.807) is 11.3 Å². The number of hydrogen-bond donors (Lipinski definition) is 1. The molecule has 1 unspecified atom stereocenters.